The van der Waals surface area contributed by atoms with Crippen molar-refractivity contribution >= 4 is 17.2 Å². The van der Waals surface area contributed by atoms with Crippen LogP contribution in [0.2, 0.25) is 0 Å². The van der Waals surface area contributed by atoms with Gasteiger partial charge in [-0.25, -0.2) is 0 Å². The highest BCUT2D eigenvalue weighted by molar-refractivity contribution is 7.13. The maximum absolute atomic E-state index is 12.9. The lowest BCUT2D eigenvalue weighted by Gasteiger charge is -2.24. The minimum Gasteiger partial charge on any atom is -0.334 e. The maximum Gasteiger partial charge on any atom is 0.254 e. The Balaban J connectivity index is 1.49. The van der Waals surface area contributed by atoms with Gasteiger partial charge in [0.1, 0.15) is 0 Å². The Morgan fingerprint density at radius 2 is 2.24 bits per heavy atom. The lowest BCUT2D eigenvalue weighted by molar-refractivity contribution is 0.0717. The van der Waals surface area contributed by atoms with Crippen LogP contribution in [0.1, 0.15) is 28.8 Å². The molecule has 1 saturated heterocycles. The Morgan fingerprint density at radius 1 is 1.32 bits per heavy atom. The molecule has 3 heterocycles. The Bertz CT molecular complexity index is 873. The van der Waals surface area contributed by atoms with Crippen LogP contribution < -0.4 is 0 Å². The molecule has 1 aliphatic heterocycles. The number of amides is 1. The van der Waals surface area contributed by atoms with Gasteiger partial charge in [-0.3, -0.25) is 4.79 Å². The molecular formula is C18H19N5OS. The van der Waals surface area contributed by atoms with E-state index in [9.17, 15) is 4.79 Å². The fourth-order valence-electron chi connectivity index (χ4n) is 3.25. The summed E-state index contributed by atoms with van der Waals surface area (Å²) in [7, 11) is 0. The Hall–Kier alpha value is -2.54. The van der Waals surface area contributed by atoms with Crippen LogP contribution in [0.3, 0.4) is 0 Å². The molecule has 0 bridgehead atoms. The van der Waals surface area contributed by atoms with Gasteiger partial charge < -0.3 is 4.90 Å². The van der Waals surface area contributed by atoms with E-state index < -0.39 is 0 Å². The van der Waals surface area contributed by atoms with E-state index in [-0.39, 0.29) is 11.9 Å². The van der Waals surface area contributed by atoms with Crippen molar-refractivity contribution in [1.82, 2.24) is 25.1 Å². The zero-order chi connectivity index (χ0) is 17.2. The standard InChI is InChI=1S/C18H19N5OS/c1-13-5-2-6-14(11-13)18(24)22-9-3-7-15(22)12-23-20-17(19-21-23)16-8-4-10-25-16/h2,4-6,8,10-11,15H,3,7,9,12H2,1H3/t15-/m1/s1. The zero-order valence-corrected chi connectivity index (χ0v) is 14.8. The van der Waals surface area contributed by atoms with Crippen LogP contribution >= 0.6 is 11.3 Å². The van der Waals surface area contributed by atoms with Crippen LogP contribution in [0.5, 0.6) is 0 Å². The molecule has 3 aromatic rings. The van der Waals surface area contributed by atoms with Crippen molar-refractivity contribution in [2.45, 2.75) is 32.4 Å². The maximum atomic E-state index is 12.9. The molecule has 0 radical (unpaired) electrons. The van der Waals surface area contributed by atoms with Gasteiger partial charge in [0.15, 0.2) is 0 Å². The monoisotopic (exact) mass is 353 g/mol. The number of likely N-dealkylation sites (tertiary alicyclic amines) is 1. The van der Waals surface area contributed by atoms with Gasteiger partial charge in [-0.15, -0.1) is 21.5 Å². The molecule has 1 fully saturated rings. The fraction of sp³-hybridized carbons (Fsp3) is 0.333. The number of rotatable bonds is 4. The minimum atomic E-state index is 0.0878. The molecule has 0 spiro atoms. The van der Waals surface area contributed by atoms with Crippen LogP contribution in [0.15, 0.2) is 41.8 Å². The summed E-state index contributed by atoms with van der Waals surface area (Å²) >= 11 is 1.59. The number of aromatic nitrogens is 4. The average molecular weight is 353 g/mol. The van der Waals surface area contributed by atoms with E-state index in [1.54, 1.807) is 16.1 Å². The topological polar surface area (TPSA) is 63.9 Å². The Kier molecular flexibility index (Phi) is 4.31. The first-order valence-electron chi connectivity index (χ1n) is 8.40. The normalized spacial score (nSPS) is 17.2. The molecule has 1 aliphatic rings. The number of thiophene rings is 1. The van der Waals surface area contributed by atoms with Crippen molar-refractivity contribution in [2.24, 2.45) is 0 Å². The van der Waals surface area contributed by atoms with Gasteiger partial charge in [-0.1, -0.05) is 23.8 Å². The molecule has 1 aromatic carbocycles. The number of carbonyl (C=O) groups is 1. The first kappa shape index (κ1) is 16.0. The van der Waals surface area contributed by atoms with E-state index >= 15 is 0 Å². The van der Waals surface area contributed by atoms with Gasteiger partial charge in [0.25, 0.3) is 5.91 Å². The number of tetrazole rings is 1. The third-order valence-corrected chi connectivity index (χ3v) is 5.34. The van der Waals surface area contributed by atoms with Crippen molar-refractivity contribution in [1.29, 1.82) is 0 Å². The van der Waals surface area contributed by atoms with E-state index in [0.29, 0.717) is 12.4 Å². The van der Waals surface area contributed by atoms with Crippen molar-refractivity contribution < 1.29 is 4.79 Å². The van der Waals surface area contributed by atoms with Crippen molar-refractivity contribution in [3.8, 4) is 10.7 Å². The molecule has 0 aliphatic carbocycles. The van der Waals surface area contributed by atoms with Gasteiger partial charge in [-0.2, -0.15) is 4.80 Å². The lowest BCUT2D eigenvalue weighted by atomic mass is 10.1. The highest BCUT2D eigenvalue weighted by Crippen LogP contribution is 2.23. The van der Waals surface area contributed by atoms with Crippen LogP contribution in [-0.4, -0.2) is 43.6 Å². The fourth-order valence-corrected chi connectivity index (χ4v) is 3.90. The summed E-state index contributed by atoms with van der Waals surface area (Å²) in [5.74, 6) is 0.731. The van der Waals surface area contributed by atoms with Crippen LogP contribution in [-0.2, 0) is 6.54 Å². The summed E-state index contributed by atoms with van der Waals surface area (Å²) < 4.78 is 0. The molecule has 25 heavy (non-hydrogen) atoms. The van der Waals surface area contributed by atoms with E-state index in [0.717, 1.165) is 35.4 Å². The molecule has 1 atom stereocenters. The minimum absolute atomic E-state index is 0.0878. The summed E-state index contributed by atoms with van der Waals surface area (Å²) in [5, 5.41) is 14.7. The molecule has 2 aromatic heterocycles. The largest absolute Gasteiger partial charge is 0.334 e. The Labute approximate surface area is 150 Å². The van der Waals surface area contributed by atoms with Crippen LogP contribution in [0.25, 0.3) is 10.7 Å². The quantitative estimate of drug-likeness (QED) is 0.723. The molecule has 0 saturated carbocycles. The van der Waals surface area contributed by atoms with Crippen molar-refractivity contribution in [2.75, 3.05) is 6.54 Å². The van der Waals surface area contributed by atoms with Gasteiger partial charge in [0, 0.05) is 12.1 Å². The number of carbonyl (C=O) groups excluding carboxylic acids is 1. The summed E-state index contributed by atoms with van der Waals surface area (Å²) in [6.07, 6.45) is 1.97. The SMILES string of the molecule is Cc1cccc(C(=O)N2CCC[C@@H]2Cn2nnc(-c3cccs3)n2)c1. The second-order valence-corrected chi connectivity index (χ2v) is 7.26. The van der Waals surface area contributed by atoms with Gasteiger partial charge in [0.2, 0.25) is 5.82 Å². The van der Waals surface area contributed by atoms with Crippen molar-refractivity contribution in [3.63, 3.8) is 0 Å². The Morgan fingerprint density at radius 3 is 3.04 bits per heavy atom. The van der Waals surface area contributed by atoms with Gasteiger partial charge >= 0.3 is 0 Å². The van der Waals surface area contributed by atoms with E-state index in [1.807, 2.05) is 53.6 Å². The molecule has 128 valence electrons. The number of hydrogen-bond acceptors (Lipinski definition) is 5. The second-order valence-electron chi connectivity index (χ2n) is 6.31. The first-order chi connectivity index (χ1) is 12.2. The van der Waals surface area contributed by atoms with Crippen LogP contribution in [0.4, 0.5) is 0 Å². The number of benzene rings is 1. The first-order valence-corrected chi connectivity index (χ1v) is 9.28. The molecule has 6 nitrogen and oxygen atoms in total. The molecule has 1 amide bonds. The highest BCUT2D eigenvalue weighted by atomic mass is 32.1. The number of aryl methyl sites for hydroxylation is 1. The third kappa shape index (κ3) is 3.32. The van der Waals surface area contributed by atoms with E-state index in [4.69, 9.17) is 0 Å². The lowest BCUT2D eigenvalue weighted by Crippen LogP contribution is -2.38. The molecule has 4 rings (SSSR count). The van der Waals surface area contributed by atoms with Crippen molar-refractivity contribution in [3.05, 3.63) is 52.9 Å². The molecular weight excluding hydrogens is 334 g/mol. The highest BCUT2D eigenvalue weighted by Gasteiger charge is 2.30. The zero-order valence-electron chi connectivity index (χ0n) is 14.0. The molecule has 0 N–H and O–H groups in total. The number of nitrogens with zero attached hydrogens (tertiary/aromatic N) is 5. The summed E-state index contributed by atoms with van der Waals surface area (Å²) in [6, 6.07) is 11.8. The van der Waals surface area contributed by atoms with Gasteiger partial charge in [-0.05, 0) is 48.6 Å². The molecule has 7 heteroatoms. The predicted molar refractivity (Wildman–Crippen MR) is 96.4 cm³/mol. The van der Waals surface area contributed by atoms with Gasteiger partial charge in [0.05, 0.1) is 17.5 Å². The second kappa shape index (κ2) is 6.76. The third-order valence-electron chi connectivity index (χ3n) is 4.47. The smallest absolute Gasteiger partial charge is 0.254 e. The number of hydrogen-bond donors (Lipinski definition) is 0. The summed E-state index contributed by atoms with van der Waals surface area (Å²) in [4.78, 5) is 17.4. The molecule has 0 unspecified atom stereocenters. The predicted octanol–water partition coefficient (Wildman–Crippen LogP) is 3.01. The summed E-state index contributed by atoms with van der Waals surface area (Å²) in [6.45, 7) is 3.36. The average Bonchev–Trinajstić information content (AvgIpc) is 3.36. The summed E-state index contributed by atoms with van der Waals surface area (Å²) in [5.41, 5.74) is 1.85. The van der Waals surface area contributed by atoms with E-state index in [2.05, 4.69) is 15.4 Å². The van der Waals surface area contributed by atoms with Crippen LogP contribution in [0, 0.1) is 6.92 Å². The van der Waals surface area contributed by atoms with E-state index in [1.165, 1.54) is 0 Å².